The Labute approximate surface area is 147 Å². The first-order valence-corrected chi connectivity index (χ1v) is 7.48. The van der Waals surface area contributed by atoms with Crippen LogP contribution in [0, 0.1) is 0 Å². The molecule has 8 nitrogen and oxygen atoms in total. The van der Waals surface area contributed by atoms with Crippen molar-refractivity contribution in [3.63, 3.8) is 0 Å². The van der Waals surface area contributed by atoms with Gasteiger partial charge >= 0.3 is 11.9 Å². The predicted molar refractivity (Wildman–Crippen MR) is 88.3 cm³/mol. The van der Waals surface area contributed by atoms with Gasteiger partial charge in [0, 0.05) is 11.6 Å². The Kier molecular flexibility index (Phi) is 4.40. The number of fused-ring (bicyclic) bond motifs is 1. The lowest BCUT2D eigenvalue weighted by atomic mass is 10.0. The van der Waals surface area contributed by atoms with Crippen molar-refractivity contribution in [2.24, 2.45) is 0 Å². The number of carbonyl (C=O) groups is 2. The van der Waals surface area contributed by atoms with Gasteiger partial charge in [-0.3, -0.25) is 0 Å². The SMILES string of the molecule is O=C(O)C=Cc1ccc2c(c1)O[C@@H](C(=O)O)[C@@H](c1ccc(O)c(O)c1)O2. The molecule has 1 aliphatic rings. The summed E-state index contributed by atoms with van der Waals surface area (Å²) in [6, 6.07) is 8.44. The number of benzene rings is 2. The summed E-state index contributed by atoms with van der Waals surface area (Å²) < 4.78 is 11.3. The van der Waals surface area contributed by atoms with Crippen LogP contribution >= 0.6 is 0 Å². The van der Waals surface area contributed by atoms with Crippen molar-refractivity contribution in [2.75, 3.05) is 0 Å². The summed E-state index contributed by atoms with van der Waals surface area (Å²) in [6.45, 7) is 0. The predicted octanol–water partition coefficient (Wildman–Crippen LogP) is 2.16. The van der Waals surface area contributed by atoms with Crippen molar-refractivity contribution >= 4 is 18.0 Å². The Bertz CT molecular complexity index is 902. The number of carboxylic acids is 2. The van der Waals surface area contributed by atoms with E-state index in [1.807, 2.05) is 0 Å². The highest BCUT2D eigenvalue weighted by molar-refractivity contribution is 5.85. The summed E-state index contributed by atoms with van der Waals surface area (Å²) in [6.07, 6.45) is -0.161. The summed E-state index contributed by atoms with van der Waals surface area (Å²) in [5, 5.41) is 37.2. The van der Waals surface area contributed by atoms with E-state index in [1.54, 1.807) is 6.07 Å². The van der Waals surface area contributed by atoms with E-state index in [0.717, 1.165) is 6.08 Å². The third-order valence-electron chi connectivity index (χ3n) is 3.74. The molecule has 0 fully saturated rings. The number of aromatic hydroxyl groups is 2. The monoisotopic (exact) mass is 358 g/mol. The molecule has 0 saturated heterocycles. The van der Waals surface area contributed by atoms with Gasteiger partial charge in [0.05, 0.1) is 0 Å². The molecule has 0 saturated carbocycles. The molecule has 4 N–H and O–H groups in total. The molecule has 0 radical (unpaired) electrons. The quantitative estimate of drug-likeness (QED) is 0.483. The van der Waals surface area contributed by atoms with Crippen LogP contribution < -0.4 is 9.47 Å². The highest BCUT2D eigenvalue weighted by atomic mass is 16.6. The van der Waals surface area contributed by atoms with Gasteiger partial charge in [0.2, 0.25) is 6.10 Å². The van der Waals surface area contributed by atoms with Crippen LogP contribution in [0.5, 0.6) is 23.0 Å². The number of phenolic OH excluding ortho intramolecular Hbond substituents is 2. The molecule has 0 unspecified atom stereocenters. The molecule has 0 spiro atoms. The van der Waals surface area contributed by atoms with Gasteiger partial charge in [-0.05, 0) is 35.9 Å². The summed E-state index contributed by atoms with van der Waals surface area (Å²) in [4.78, 5) is 22.2. The average molecular weight is 358 g/mol. The van der Waals surface area contributed by atoms with E-state index in [1.165, 1.54) is 36.4 Å². The number of phenols is 2. The lowest BCUT2D eigenvalue weighted by molar-refractivity contribution is -0.151. The molecule has 2 atom stereocenters. The maximum Gasteiger partial charge on any atom is 0.349 e. The molecular weight excluding hydrogens is 344 g/mol. The highest BCUT2D eigenvalue weighted by Gasteiger charge is 2.38. The zero-order valence-electron chi connectivity index (χ0n) is 13.2. The third-order valence-corrected chi connectivity index (χ3v) is 3.74. The van der Waals surface area contributed by atoms with Crippen molar-refractivity contribution in [1.29, 1.82) is 0 Å². The Hall–Kier alpha value is -3.68. The van der Waals surface area contributed by atoms with Crippen LogP contribution in [0.4, 0.5) is 0 Å². The van der Waals surface area contributed by atoms with Gasteiger partial charge in [-0.15, -0.1) is 0 Å². The van der Waals surface area contributed by atoms with Gasteiger partial charge < -0.3 is 29.9 Å². The molecule has 26 heavy (non-hydrogen) atoms. The van der Waals surface area contributed by atoms with Crippen molar-refractivity contribution in [3.8, 4) is 23.0 Å². The zero-order valence-corrected chi connectivity index (χ0v) is 13.2. The van der Waals surface area contributed by atoms with Crippen molar-refractivity contribution in [3.05, 3.63) is 53.6 Å². The second-order valence-corrected chi connectivity index (χ2v) is 5.54. The Morgan fingerprint density at radius 1 is 0.923 bits per heavy atom. The Morgan fingerprint density at radius 3 is 2.35 bits per heavy atom. The Balaban J connectivity index is 1.96. The van der Waals surface area contributed by atoms with Crippen LogP contribution in [0.1, 0.15) is 17.2 Å². The van der Waals surface area contributed by atoms with Crippen molar-refractivity contribution < 1.29 is 39.5 Å². The zero-order chi connectivity index (χ0) is 18.8. The molecule has 134 valence electrons. The molecule has 0 aliphatic carbocycles. The van der Waals surface area contributed by atoms with E-state index in [-0.39, 0.29) is 17.2 Å². The number of aliphatic carboxylic acids is 2. The number of rotatable bonds is 4. The number of ether oxygens (including phenoxy) is 2. The highest BCUT2D eigenvalue weighted by Crippen LogP contribution is 2.41. The van der Waals surface area contributed by atoms with Gasteiger partial charge in [-0.25, -0.2) is 9.59 Å². The minimum absolute atomic E-state index is 0.157. The maximum atomic E-state index is 11.6. The first-order chi connectivity index (χ1) is 12.3. The van der Waals surface area contributed by atoms with Gasteiger partial charge in [0.15, 0.2) is 29.1 Å². The van der Waals surface area contributed by atoms with Crippen molar-refractivity contribution in [1.82, 2.24) is 0 Å². The first kappa shape index (κ1) is 17.2. The first-order valence-electron chi connectivity index (χ1n) is 7.48. The molecule has 1 aliphatic heterocycles. The van der Waals surface area contributed by atoms with Crippen LogP contribution in [-0.2, 0) is 9.59 Å². The second-order valence-electron chi connectivity index (χ2n) is 5.54. The molecule has 0 amide bonds. The van der Waals surface area contributed by atoms with E-state index in [4.69, 9.17) is 14.6 Å². The summed E-state index contributed by atoms with van der Waals surface area (Å²) >= 11 is 0. The molecule has 0 bridgehead atoms. The van der Waals surface area contributed by atoms with E-state index in [2.05, 4.69) is 0 Å². The maximum absolute atomic E-state index is 11.6. The fourth-order valence-corrected chi connectivity index (χ4v) is 2.52. The normalized spacial score (nSPS) is 18.6. The van der Waals surface area contributed by atoms with Gasteiger partial charge in [0.25, 0.3) is 0 Å². The van der Waals surface area contributed by atoms with Gasteiger partial charge in [0.1, 0.15) is 0 Å². The minimum atomic E-state index is -1.40. The average Bonchev–Trinajstić information content (AvgIpc) is 2.61. The van der Waals surface area contributed by atoms with Crippen LogP contribution in [0.2, 0.25) is 0 Å². The summed E-state index contributed by atoms with van der Waals surface area (Å²) in [7, 11) is 0. The number of carboxylic acid groups (broad SMARTS) is 2. The van der Waals surface area contributed by atoms with Gasteiger partial charge in [-0.1, -0.05) is 12.1 Å². The largest absolute Gasteiger partial charge is 0.504 e. The van der Waals surface area contributed by atoms with E-state index in [9.17, 15) is 24.9 Å². The molecule has 2 aromatic rings. The van der Waals surface area contributed by atoms with E-state index >= 15 is 0 Å². The van der Waals surface area contributed by atoms with E-state index < -0.39 is 29.9 Å². The third kappa shape index (κ3) is 3.39. The smallest absolute Gasteiger partial charge is 0.349 e. The lowest BCUT2D eigenvalue weighted by Gasteiger charge is -2.32. The van der Waals surface area contributed by atoms with E-state index in [0.29, 0.717) is 11.1 Å². The minimum Gasteiger partial charge on any atom is -0.504 e. The number of hydrogen-bond donors (Lipinski definition) is 4. The molecule has 0 aromatic heterocycles. The van der Waals surface area contributed by atoms with Crippen LogP contribution in [0.25, 0.3) is 6.08 Å². The molecule has 2 aromatic carbocycles. The summed E-state index contributed by atoms with van der Waals surface area (Å²) in [5.41, 5.74) is 0.813. The number of hydrogen-bond acceptors (Lipinski definition) is 6. The molecule has 3 rings (SSSR count). The van der Waals surface area contributed by atoms with Crippen LogP contribution in [-0.4, -0.2) is 38.5 Å². The summed E-state index contributed by atoms with van der Waals surface area (Å²) in [5.74, 6) is -2.71. The molecule has 8 heteroatoms. The standard InChI is InChI=1S/C18H14O8/c19-11-4-3-10(8-12(11)20)16-17(18(23)24)26-14-7-9(2-6-15(21)22)1-5-13(14)25-16/h1-8,16-17,19-20H,(H,21,22)(H,23,24)/t16-,17-/m1/s1. The molecule has 1 heterocycles. The van der Waals surface area contributed by atoms with Crippen molar-refractivity contribution in [2.45, 2.75) is 12.2 Å². The van der Waals surface area contributed by atoms with Gasteiger partial charge in [-0.2, -0.15) is 0 Å². The Morgan fingerprint density at radius 2 is 1.69 bits per heavy atom. The second kappa shape index (κ2) is 6.67. The molecular formula is C18H14O8. The fraction of sp³-hybridized carbons (Fsp3) is 0.111. The topological polar surface area (TPSA) is 134 Å². The van der Waals surface area contributed by atoms with Crippen LogP contribution in [0.3, 0.4) is 0 Å². The lowest BCUT2D eigenvalue weighted by Crippen LogP contribution is -2.39. The fourth-order valence-electron chi connectivity index (χ4n) is 2.52. The van der Waals surface area contributed by atoms with Crippen LogP contribution in [0.15, 0.2) is 42.5 Å².